The van der Waals surface area contributed by atoms with Gasteiger partial charge in [-0.1, -0.05) is 126 Å². The molecule has 1 aliphatic heterocycles. The van der Waals surface area contributed by atoms with Gasteiger partial charge in [0.25, 0.3) is 0 Å². The number of aryl methyl sites for hydroxylation is 2. The van der Waals surface area contributed by atoms with E-state index in [1.807, 2.05) is 42.5 Å². The number of hydrogen-bond donors (Lipinski definition) is 3. The van der Waals surface area contributed by atoms with E-state index in [9.17, 15) is 0 Å². The monoisotopic (exact) mass is 620 g/mol. The van der Waals surface area contributed by atoms with Crippen molar-refractivity contribution in [2.24, 2.45) is 9.98 Å². The first kappa shape index (κ1) is 29.2. The molecule has 2 aliphatic rings. The highest BCUT2D eigenvalue weighted by Gasteiger charge is 2.24. The highest BCUT2D eigenvalue weighted by atomic mass is 15.2. The molecule has 0 saturated heterocycles. The van der Waals surface area contributed by atoms with Crippen LogP contribution in [0.2, 0.25) is 0 Å². The Morgan fingerprint density at radius 2 is 1.17 bits per heavy atom. The van der Waals surface area contributed by atoms with Gasteiger partial charge in [-0.25, -0.2) is 15.0 Å². The molecule has 0 bridgehead atoms. The van der Waals surface area contributed by atoms with E-state index >= 15 is 0 Å². The summed E-state index contributed by atoms with van der Waals surface area (Å²) in [6.07, 6.45) is 3.20. The van der Waals surface area contributed by atoms with Crippen LogP contribution in [0.25, 0.3) is 39.4 Å². The molecule has 230 valence electrons. The molecular formula is C42H32N6. The highest BCUT2D eigenvalue weighted by molar-refractivity contribution is 6.54. The molecule has 6 aromatic rings. The number of hydrogen-bond acceptors (Lipinski definition) is 6. The minimum absolute atomic E-state index is 0.202. The number of nitrogens with zero attached hydrogens (tertiary/aromatic N) is 3. The van der Waals surface area contributed by atoms with Crippen LogP contribution in [-0.4, -0.2) is 28.1 Å². The Hall–Kier alpha value is -6.27. The fourth-order valence-corrected chi connectivity index (χ4v) is 6.25. The Morgan fingerprint density at radius 3 is 1.79 bits per heavy atom. The largest absolute Gasteiger partial charge is 0.324 e. The summed E-state index contributed by atoms with van der Waals surface area (Å²) in [7, 11) is 0. The minimum atomic E-state index is -0.402. The van der Waals surface area contributed by atoms with E-state index in [0.717, 1.165) is 72.8 Å². The van der Waals surface area contributed by atoms with Crippen molar-refractivity contribution in [2.75, 3.05) is 0 Å². The molecule has 0 spiro atoms. The maximum Gasteiger partial charge on any atom is 0.169 e. The van der Waals surface area contributed by atoms with E-state index in [1.165, 1.54) is 11.1 Å². The lowest BCUT2D eigenvalue weighted by molar-refractivity contribution is 0.756. The molecular weight excluding hydrogens is 589 g/mol. The van der Waals surface area contributed by atoms with Crippen LogP contribution in [0.4, 0.5) is 0 Å². The first-order chi connectivity index (χ1) is 23.4. The predicted octanol–water partition coefficient (Wildman–Crippen LogP) is 9.10. The van der Waals surface area contributed by atoms with Gasteiger partial charge in [-0.3, -0.25) is 10.8 Å². The van der Waals surface area contributed by atoms with Gasteiger partial charge in [0.15, 0.2) is 6.17 Å². The van der Waals surface area contributed by atoms with Gasteiger partial charge in [0.1, 0.15) is 11.7 Å². The van der Waals surface area contributed by atoms with Crippen molar-refractivity contribution in [3.8, 4) is 22.4 Å². The van der Waals surface area contributed by atoms with Crippen LogP contribution in [0, 0.1) is 24.7 Å². The topological polar surface area (TPSA) is 97.3 Å². The van der Waals surface area contributed by atoms with E-state index in [1.54, 1.807) is 6.08 Å². The number of pyridine rings is 1. The maximum atomic E-state index is 8.78. The van der Waals surface area contributed by atoms with E-state index in [0.29, 0.717) is 0 Å². The summed E-state index contributed by atoms with van der Waals surface area (Å²) in [5, 5.41) is 21.5. The predicted molar refractivity (Wildman–Crippen MR) is 198 cm³/mol. The first-order valence-electron chi connectivity index (χ1n) is 16.0. The van der Waals surface area contributed by atoms with Gasteiger partial charge in [0.05, 0.1) is 22.6 Å². The second-order valence-electron chi connectivity index (χ2n) is 12.3. The van der Waals surface area contributed by atoms with Crippen molar-refractivity contribution >= 4 is 40.1 Å². The molecule has 0 atom stereocenters. The average Bonchev–Trinajstić information content (AvgIpc) is 3.13. The van der Waals surface area contributed by atoms with Crippen LogP contribution < -0.4 is 5.32 Å². The number of fused-ring (bicyclic) bond motifs is 3. The van der Waals surface area contributed by atoms with Gasteiger partial charge in [-0.05, 0) is 48.8 Å². The molecule has 1 aliphatic carbocycles. The van der Waals surface area contributed by atoms with Crippen LogP contribution >= 0.6 is 0 Å². The van der Waals surface area contributed by atoms with Crippen molar-refractivity contribution in [1.82, 2.24) is 10.3 Å². The Balaban J connectivity index is 1.18. The summed E-state index contributed by atoms with van der Waals surface area (Å²) in [5.41, 5.74) is 12.1. The first-order valence-corrected chi connectivity index (χ1v) is 16.0. The summed E-state index contributed by atoms with van der Waals surface area (Å²) in [5.74, 6) is 1.59. The van der Waals surface area contributed by atoms with E-state index < -0.39 is 6.17 Å². The molecule has 1 aromatic heterocycles. The quantitative estimate of drug-likeness (QED) is 0.179. The normalized spacial score (nSPS) is 14.4. The minimum Gasteiger partial charge on any atom is -0.324 e. The highest BCUT2D eigenvalue weighted by Crippen LogP contribution is 2.36. The van der Waals surface area contributed by atoms with Gasteiger partial charge in [-0.2, -0.15) is 0 Å². The molecule has 0 amide bonds. The maximum absolute atomic E-state index is 8.78. The fourth-order valence-electron chi connectivity index (χ4n) is 6.25. The van der Waals surface area contributed by atoms with Gasteiger partial charge in [-0.15, -0.1) is 0 Å². The molecule has 8 rings (SSSR count). The van der Waals surface area contributed by atoms with Crippen molar-refractivity contribution in [2.45, 2.75) is 20.0 Å². The van der Waals surface area contributed by atoms with Crippen LogP contribution in [0.3, 0.4) is 0 Å². The Labute approximate surface area is 279 Å². The SMILES string of the molecule is Cc1ccc(C2=NC(c3ccc(-c4ccc5c6c(c(-c7ccccc7)nc5c4)C=CC(=N)C6=N)cc3)N=C(c3ccc(C)cc3)N2)cc1. The van der Waals surface area contributed by atoms with Crippen LogP contribution in [0.5, 0.6) is 0 Å². The van der Waals surface area contributed by atoms with Gasteiger partial charge in [0, 0.05) is 33.2 Å². The van der Waals surface area contributed by atoms with E-state index in [2.05, 4.69) is 104 Å². The molecule has 0 unspecified atom stereocenters. The van der Waals surface area contributed by atoms with Crippen molar-refractivity contribution in [3.63, 3.8) is 0 Å². The second-order valence-corrected chi connectivity index (χ2v) is 12.3. The molecule has 6 nitrogen and oxygen atoms in total. The standard InChI is InChI=1S/C42H32N6/c1-25-8-12-29(13-9-25)40-46-41(30-14-10-26(2)11-15-30)48-42(47-40)31-18-16-27(17-19-31)32-20-21-33-36(24-32)45-39(28-6-4-3-5-7-28)34-22-23-35(43)38(44)37(33)34/h3-24,42-44H,1-2H3,(H,46,47,48). The Bertz CT molecular complexity index is 2270. The molecule has 0 radical (unpaired) electrons. The number of rotatable bonds is 5. The second kappa shape index (κ2) is 11.8. The number of aliphatic imine (C=N–C) groups is 2. The smallest absolute Gasteiger partial charge is 0.169 e. The van der Waals surface area contributed by atoms with Crippen molar-refractivity contribution in [1.29, 1.82) is 10.8 Å². The molecule has 2 heterocycles. The summed E-state index contributed by atoms with van der Waals surface area (Å²) in [6.45, 7) is 4.17. The summed E-state index contributed by atoms with van der Waals surface area (Å²) < 4.78 is 0. The van der Waals surface area contributed by atoms with Crippen LogP contribution in [-0.2, 0) is 0 Å². The molecule has 0 fully saturated rings. The van der Waals surface area contributed by atoms with Gasteiger partial charge in [0.2, 0.25) is 0 Å². The number of nitrogens with one attached hydrogen (secondary N) is 3. The average molecular weight is 621 g/mol. The number of benzene rings is 5. The van der Waals surface area contributed by atoms with Crippen LogP contribution in [0.1, 0.15) is 45.1 Å². The van der Waals surface area contributed by atoms with Crippen molar-refractivity contribution < 1.29 is 0 Å². The van der Waals surface area contributed by atoms with Gasteiger partial charge < -0.3 is 5.32 Å². The zero-order valence-electron chi connectivity index (χ0n) is 26.6. The third-order valence-corrected chi connectivity index (χ3v) is 8.94. The van der Waals surface area contributed by atoms with Crippen molar-refractivity contribution in [3.05, 3.63) is 166 Å². The lowest BCUT2D eigenvalue weighted by Gasteiger charge is -2.22. The summed E-state index contributed by atoms with van der Waals surface area (Å²) >= 11 is 0. The number of aromatic nitrogens is 1. The van der Waals surface area contributed by atoms with E-state index in [4.69, 9.17) is 25.8 Å². The Kier molecular flexibility index (Phi) is 7.18. The fraction of sp³-hybridized carbons (Fsp3) is 0.0714. The summed E-state index contributed by atoms with van der Waals surface area (Å²) in [4.78, 5) is 15.2. The van der Waals surface area contributed by atoms with Crippen LogP contribution in [0.15, 0.2) is 137 Å². The third-order valence-electron chi connectivity index (χ3n) is 8.94. The molecule has 48 heavy (non-hydrogen) atoms. The van der Waals surface area contributed by atoms with E-state index in [-0.39, 0.29) is 11.4 Å². The molecule has 6 heteroatoms. The zero-order chi connectivity index (χ0) is 32.8. The third kappa shape index (κ3) is 5.33. The number of allylic oxidation sites excluding steroid dienone is 1. The summed E-state index contributed by atoms with van der Waals surface area (Å²) in [6, 6.07) is 41.4. The zero-order valence-corrected chi connectivity index (χ0v) is 26.6. The lowest BCUT2D eigenvalue weighted by atomic mass is 9.87. The molecule has 5 aromatic carbocycles. The lowest BCUT2D eigenvalue weighted by Crippen LogP contribution is -2.36. The Morgan fingerprint density at radius 1 is 0.583 bits per heavy atom. The molecule has 0 saturated carbocycles. The van der Waals surface area contributed by atoms with Gasteiger partial charge >= 0.3 is 0 Å². The molecule has 3 N–H and O–H groups in total. The number of amidine groups is 2.